The molecule has 150 valence electrons. The predicted octanol–water partition coefficient (Wildman–Crippen LogP) is 5.79. The Kier molecular flexibility index (Phi) is 7.79. The van der Waals surface area contributed by atoms with Crippen molar-refractivity contribution in [1.82, 2.24) is 4.57 Å². The lowest BCUT2D eigenvalue weighted by Gasteiger charge is -2.41. The van der Waals surface area contributed by atoms with Crippen LogP contribution in [0.5, 0.6) is 11.8 Å². The van der Waals surface area contributed by atoms with Crippen LogP contribution in [0.3, 0.4) is 0 Å². The third kappa shape index (κ3) is 4.63. The normalized spacial score (nSPS) is 13.8. The zero-order chi connectivity index (χ0) is 20.1. The average Bonchev–Trinajstić information content (AvgIpc) is 2.81. The molecule has 0 spiro atoms. The fourth-order valence-electron chi connectivity index (χ4n) is 3.70. The number of nitrogens with zero attached hydrogens (tertiary/aromatic N) is 1. The minimum absolute atomic E-state index is 0.0278. The number of aromatic hydroxyl groups is 2. The molecule has 1 atom stereocenters. The zero-order valence-corrected chi connectivity index (χ0v) is 17.9. The van der Waals surface area contributed by atoms with E-state index in [0.29, 0.717) is 5.92 Å². The largest absolute Gasteiger partial charge is 0.494 e. The third-order valence-corrected chi connectivity index (χ3v) is 6.42. The van der Waals surface area contributed by atoms with E-state index >= 15 is 0 Å². The molecule has 2 N–H and O–H groups in total. The van der Waals surface area contributed by atoms with E-state index in [2.05, 4.69) is 13.8 Å². The van der Waals surface area contributed by atoms with Gasteiger partial charge in [-0.1, -0.05) is 66.2 Å². The van der Waals surface area contributed by atoms with Crippen molar-refractivity contribution < 1.29 is 15.0 Å². The van der Waals surface area contributed by atoms with E-state index in [4.69, 9.17) is 0 Å². The molecule has 0 radical (unpaired) electrons. The van der Waals surface area contributed by atoms with Gasteiger partial charge in [0.15, 0.2) is 11.8 Å². The fourth-order valence-corrected chi connectivity index (χ4v) is 3.70. The van der Waals surface area contributed by atoms with Crippen LogP contribution in [0.1, 0.15) is 92.6 Å². The molecule has 0 amide bonds. The van der Waals surface area contributed by atoms with Crippen molar-refractivity contribution in [2.75, 3.05) is 0 Å². The summed E-state index contributed by atoms with van der Waals surface area (Å²) in [6, 6.07) is 1.68. The van der Waals surface area contributed by atoms with Crippen molar-refractivity contribution in [3.05, 3.63) is 11.6 Å². The van der Waals surface area contributed by atoms with Crippen LogP contribution >= 0.6 is 0 Å². The maximum absolute atomic E-state index is 12.1. The van der Waals surface area contributed by atoms with Crippen molar-refractivity contribution in [3.8, 4) is 11.8 Å². The molecule has 26 heavy (non-hydrogen) atoms. The number of carbonyl (C=O) groups excluding carboxylic acids is 1. The molecule has 0 aliphatic rings. The summed E-state index contributed by atoms with van der Waals surface area (Å²) in [5, 5.41) is 21.4. The zero-order valence-electron chi connectivity index (χ0n) is 17.9. The molecule has 1 heterocycles. The number of rotatable bonds is 11. The highest BCUT2D eigenvalue weighted by atomic mass is 16.3. The summed E-state index contributed by atoms with van der Waals surface area (Å²) in [4.78, 5) is 12.1. The number of carbonyl (C=O) groups is 1. The van der Waals surface area contributed by atoms with Crippen molar-refractivity contribution in [1.29, 1.82) is 0 Å². The molecule has 1 unspecified atom stereocenters. The number of ketones is 1. The Balaban J connectivity index is 3.15. The Morgan fingerprint density at radius 1 is 1.08 bits per heavy atom. The van der Waals surface area contributed by atoms with E-state index in [1.54, 1.807) is 13.0 Å². The van der Waals surface area contributed by atoms with Crippen LogP contribution < -0.4 is 0 Å². The summed E-state index contributed by atoms with van der Waals surface area (Å²) in [6.45, 7) is 13.5. The number of unbranched alkanes of at least 4 members (excludes halogenated alkanes) is 2. The topological polar surface area (TPSA) is 62.5 Å². The smallest absolute Gasteiger partial charge is 0.197 e. The molecule has 4 nitrogen and oxygen atoms in total. The van der Waals surface area contributed by atoms with Gasteiger partial charge in [0, 0.05) is 17.0 Å². The van der Waals surface area contributed by atoms with Gasteiger partial charge in [-0.2, -0.15) is 0 Å². The number of Topliss-reactive ketones (excluding diaryl/α,β-unsaturated/α-hetero) is 1. The van der Waals surface area contributed by atoms with E-state index in [9.17, 15) is 15.0 Å². The van der Waals surface area contributed by atoms with Gasteiger partial charge >= 0.3 is 0 Å². The van der Waals surface area contributed by atoms with E-state index in [0.717, 1.165) is 31.2 Å². The molecule has 4 heteroatoms. The van der Waals surface area contributed by atoms with Crippen LogP contribution in [0.15, 0.2) is 6.07 Å². The number of aromatic nitrogens is 1. The first-order valence-electron chi connectivity index (χ1n) is 10.1. The van der Waals surface area contributed by atoms with E-state index in [-0.39, 0.29) is 17.5 Å². The van der Waals surface area contributed by atoms with Crippen LogP contribution in [-0.2, 0) is 16.8 Å². The van der Waals surface area contributed by atoms with Crippen LogP contribution in [0, 0.1) is 11.3 Å². The minimum Gasteiger partial charge on any atom is -0.494 e. The maximum Gasteiger partial charge on any atom is 0.197 e. The molecule has 0 aliphatic carbocycles. The molecule has 1 aromatic heterocycles. The Morgan fingerprint density at radius 3 is 2.19 bits per heavy atom. The van der Waals surface area contributed by atoms with Crippen LogP contribution in [0.4, 0.5) is 0 Å². The summed E-state index contributed by atoms with van der Waals surface area (Å²) < 4.78 is 1.53. The van der Waals surface area contributed by atoms with Crippen molar-refractivity contribution in [2.45, 2.75) is 99.0 Å². The summed E-state index contributed by atoms with van der Waals surface area (Å²) in [7, 11) is 0. The Morgan fingerprint density at radius 2 is 1.69 bits per heavy atom. The average molecular weight is 366 g/mol. The molecule has 0 fully saturated rings. The van der Waals surface area contributed by atoms with Crippen LogP contribution in [-0.4, -0.2) is 20.6 Å². The van der Waals surface area contributed by atoms with Gasteiger partial charge in [0.05, 0.1) is 5.54 Å². The second-order valence-corrected chi connectivity index (χ2v) is 8.78. The molecule has 0 saturated carbocycles. The van der Waals surface area contributed by atoms with Gasteiger partial charge in [-0.05, 0) is 33.1 Å². The van der Waals surface area contributed by atoms with Crippen molar-refractivity contribution >= 4 is 5.78 Å². The van der Waals surface area contributed by atoms with Crippen LogP contribution in [0.2, 0.25) is 0 Å². The first-order chi connectivity index (χ1) is 12.0. The SMILES string of the molecule is CCCCCC(CCC)Cc1cc(O)n(C(C)(C)C(C)(C)C(C)=O)c1O. The lowest BCUT2D eigenvalue weighted by atomic mass is 9.71. The van der Waals surface area contributed by atoms with Crippen molar-refractivity contribution in [2.24, 2.45) is 11.3 Å². The summed E-state index contributed by atoms with van der Waals surface area (Å²) in [5.74, 6) is 0.663. The monoisotopic (exact) mass is 365 g/mol. The number of hydrogen-bond donors (Lipinski definition) is 2. The second-order valence-electron chi connectivity index (χ2n) is 8.78. The summed E-state index contributed by atoms with van der Waals surface area (Å²) >= 11 is 0. The van der Waals surface area contributed by atoms with Gasteiger partial charge in [-0.25, -0.2) is 0 Å². The first kappa shape index (κ1) is 22.6. The van der Waals surface area contributed by atoms with Crippen molar-refractivity contribution in [3.63, 3.8) is 0 Å². The van der Waals surface area contributed by atoms with Gasteiger partial charge in [0.1, 0.15) is 5.78 Å². The number of hydrogen-bond acceptors (Lipinski definition) is 3. The first-order valence-corrected chi connectivity index (χ1v) is 10.1. The minimum atomic E-state index is -0.742. The summed E-state index contributed by atoms with van der Waals surface area (Å²) in [6.07, 6.45) is 7.80. The van der Waals surface area contributed by atoms with Gasteiger partial charge in [0.2, 0.25) is 0 Å². The molecule has 0 aliphatic heterocycles. The van der Waals surface area contributed by atoms with Gasteiger partial charge in [0.25, 0.3) is 0 Å². The van der Waals surface area contributed by atoms with E-state index in [1.807, 2.05) is 27.7 Å². The third-order valence-electron chi connectivity index (χ3n) is 6.42. The fraction of sp³-hybridized carbons (Fsp3) is 0.773. The molecule has 1 rings (SSSR count). The van der Waals surface area contributed by atoms with Crippen LogP contribution in [0.25, 0.3) is 0 Å². The second kappa shape index (κ2) is 8.96. The highest BCUT2D eigenvalue weighted by Gasteiger charge is 2.45. The highest BCUT2D eigenvalue weighted by Crippen LogP contribution is 2.45. The predicted molar refractivity (Wildman–Crippen MR) is 108 cm³/mol. The molecule has 0 bridgehead atoms. The molecular formula is C22H39NO3. The lowest BCUT2D eigenvalue weighted by Crippen LogP contribution is -2.46. The molecule has 0 saturated heterocycles. The van der Waals surface area contributed by atoms with Gasteiger partial charge in [-0.3, -0.25) is 9.36 Å². The standard InChI is InChI=1S/C22H39NO3/c1-8-10-11-13-17(12-9-2)14-18-15-19(25)23(20(18)26)22(6,7)21(4,5)16(3)24/h15,17,25-26H,8-14H2,1-7H3. The molecular weight excluding hydrogens is 326 g/mol. The quantitative estimate of drug-likeness (QED) is 0.488. The molecule has 0 aromatic carbocycles. The van der Waals surface area contributed by atoms with Gasteiger partial charge < -0.3 is 10.2 Å². The Labute approximate surface area is 159 Å². The summed E-state index contributed by atoms with van der Waals surface area (Å²) in [5.41, 5.74) is -0.680. The lowest BCUT2D eigenvalue weighted by molar-refractivity contribution is -0.130. The highest BCUT2D eigenvalue weighted by molar-refractivity contribution is 5.82. The van der Waals surface area contributed by atoms with E-state index < -0.39 is 11.0 Å². The van der Waals surface area contributed by atoms with Gasteiger partial charge in [-0.15, -0.1) is 0 Å². The maximum atomic E-state index is 12.1. The Hall–Kier alpha value is -1.45. The van der Waals surface area contributed by atoms with E-state index in [1.165, 1.54) is 23.8 Å². The Bertz CT molecular complexity index is 599. The molecule has 1 aromatic rings.